The second-order valence-electron chi connectivity index (χ2n) is 8.73. The molecule has 0 amide bonds. The molecule has 0 aromatic heterocycles. The molecular formula is C24H30N2O2. The number of nitrogens with zero attached hydrogens (tertiary/aromatic N) is 1. The largest absolute Gasteiger partial charge is 0.478 e. The average Bonchev–Trinajstić information content (AvgIpc) is 3.49. The first-order valence-corrected chi connectivity index (χ1v) is 10.3. The van der Waals surface area contributed by atoms with Gasteiger partial charge in [-0.05, 0) is 74.5 Å². The summed E-state index contributed by atoms with van der Waals surface area (Å²) in [5.74, 6) is -0.207. The molecule has 2 fully saturated rings. The maximum Gasteiger partial charge on any atom is 0.335 e. The molecule has 0 spiro atoms. The Morgan fingerprint density at radius 2 is 1.89 bits per heavy atom. The highest BCUT2D eigenvalue weighted by Crippen LogP contribution is 2.42. The summed E-state index contributed by atoms with van der Waals surface area (Å²) in [6.07, 6.45) is 4.46. The monoisotopic (exact) mass is 378 g/mol. The van der Waals surface area contributed by atoms with Crippen molar-refractivity contribution in [3.63, 3.8) is 0 Å². The van der Waals surface area contributed by atoms with Crippen LogP contribution in [0.4, 0.5) is 0 Å². The smallest absolute Gasteiger partial charge is 0.335 e. The maximum absolute atomic E-state index is 11.3. The molecule has 2 aliphatic rings. The highest BCUT2D eigenvalue weighted by molar-refractivity contribution is 5.87. The number of carbonyl (C=O) groups is 1. The van der Waals surface area contributed by atoms with Crippen LogP contribution in [0.3, 0.4) is 0 Å². The summed E-state index contributed by atoms with van der Waals surface area (Å²) in [5.41, 5.74) is 3.17. The molecule has 0 bridgehead atoms. The molecule has 2 atom stereocenters. The number of hydrogen-bond donors (Lipinski definition) is 2. The fourth-order valence-electron chi connectivity index (χ4n) is 4.59. The first-order chi connectivity index (χ1) is 13.5. The first kappa shape index (κ1) is 19.2. The van der Waals surface area contributed by atoms with Gasteiger partial charge in [-0.25, -0.2) is 4.79 Å². The lowest BCUT2D eigenvalue weighted by Crippen LogP contribution is -2.45. The van der Waals surface area contributed by atoms with Crippen molar-refractivity contribution in [1.29, 1.82) is 0 Å². The minimum atomic E-state index is -0.846. The van der Waals surface area contributed by atoms with E-state index in [0.717, 1.165) is 44.5 Å². The van der Waals surface area contributed by atoms with E-state index in [2.05, 4.69) is 53.7 Å². The Hall–Kier alpha value is -2.17. The van der Waals surface area contributed by atoms with E-state index in [9.17, 15) is 9.90 Å². The summed E-state index contributed by atoms with van der Waals surface area (Å²) in [4.78, 5) is 13.7. The second-order valence-corrected chi connectivity index (χ2v) is 8.73. The quantitative estimate of drug-likeness (QED) is 0.770. The Kier molecular flexibility index (Phi) is 5.51. The molecule has 148 valence electrons. The second kappa shape index (κ2) is 8.06. The summed E-state index contributed by atoms with van der Waals surface area (Å²) in [5, 5.41) is 13.2. The third-order valence-corrected chi connectivity index (χ3v) is 6.56. The molecular weight excluding hydrogens is 348 g/mol. The van der Waals surface area contributed by atoms with Gasteiger partial charge in [0.1, 0.15) is 0 Å². The molecule has 4 nitrogen and oxygen atoms in total. The zero-order valence-electron chi connectivity index (χ0n) is 16.6. The number of likely N-dealkylation sites (tertiary alicyclic amines) is 1. The van der Waals surface area contributed by atoms with E-state index in [1.807, 2.05) is 12.1 Å². The van der Waals surface area contributed by atoms with E-state index in [4.69, 9.17) is 0 Å². The van der Waals surface area contributed by atoms with E-state index < -0.39 is 5.97 Å². The summed E-state index contributed by atoms with van der Waals surface area (Å²) in [6, 6.07) is 18.8. The van der Waals surface area contributed by atoms with Gasteiger partial charge >= 0.3 is 5.97 Å². The van der Waals surface area contributed by atoms with Gasteiger partial charge in [0.2, 0.25) is 0 Å². The standard InChI is InChI=1S/C24H30N2O2/c1-26-12-10-24(11-13-26,16-18-6-5-9-20(14-18)23(27)28)17-25-22-15-21(22)19-7-3-2-4-8-19/h2-9,14,21-22,25H,10-13,15-17H2,1H3,(H,27,28)/t21-,22+/m0/s1. The van der Waals surface area contributed by atoms with Crippen LogP contribution < -0.4 is 5.32 Å². The molecule has 1 saturated heterocycles. The predicted molar refractivity (Wildman–Crippen MR) is 112 cm³/mol. The van der Waals surface area contributed by atoms with E-state index in [-0.39, 0.29) is 5.41 Å². The fraction of sp³-hybridized carbons (Fsp3) is 0.458. The maximum atomic E-state index is 11.3. The minimum Gasteiger partial charge on any atom is -0.478 e. The van der Waals surface area contributed by atoms with Crippen molar-refractivity contribution in [2.75, 3.05) is 26.7 Å². The summed E-state index contributed by atoms with van der Waals surface area (Å²) in [6.45, 7) is 3.21. The van der Waals surface area contributed by atoms with Crippen molar-refractivity contribution in [3.8, 4) is 0 Å². The van der Waals surface area contributed by atoms with Gasteiger partial charge in [-0.1, -0.05) is 42.5 Å². The molecule has 2 aromatic rings. The SMILES string of the molecule is CN1CCC(CN[C@@H]2C[C@H]2c2ccccc2)(Cc2cccc(C(=O)O)c2)CC1. The van der Waals surface area contributed by atoms with Gasteiger partial charge in [-0.2, -0.15) is 0 Å². The zero-order valence-corrected chi connectivity index (χ0v) is 16.6. The lowest BCUT2D eigenvalue weighted by atomic mass is 9.73. The number of carboxylic acids is 1. The van der Waals surface area contributed by atoms with Crippen LogP contribution in [0.5, 0.6) is 0 Å². The number of hydrogen-bond acceptors (Lipinski definition) is 3. The molecule has 1 aliphatic carbocycles. The Morgan fingerprint density at radius 3 is 2.61 bits per heavy atom. The molecule has 0 unspecified atom stereocenters. The van der Waals surface area contributed by atoms with Crippen LogP contribution in [0.25, 0.3) is 0 Å². The van der Waals surface area contributed by atoms with Gasteiger partial charge in [-0.3, -0.25) is 0 Å². The molecule has 28 heavy (non-hydrogen) atoms. The first-order valence-electron chi connectivity index (χ1n) is 10.3. The lowest BCUT2D eigenvalue weighted by molar-refractivity contribution is 0.0696. The summed E-state index contributed by atoms with van der Waals surface area (Å²) >= 11 is 0. The highest BCUT2D eigenvalue weighted by atomic mass is 16.4. The summed E-state index contributed by atoms with van der Waals surface area (Å²) in [7, 11) is 2.19. The van der Waals surface area contributed by atoms with Crippen molar-refractivity contribution < 1.29 is 9.90 Å². The van der Waals surface area contributed by atoms with E-state index in [0.29, 0.717) is 17.5 Å². The van der Waals surface area contributed by atoms with Crippen LogP contribution in [0.15, 0.2) is 54.6 Å². The van der Waals surface area contributed by atoms with Crippen LogP contribution in [0.1, 0.15) is 46.7 Å². The molecule has 1 aliphatic heterocycles. The number of aromatic carboxylic acids is 1. The predicted octanol–water partition coefficient (Wildman–Crippen LogP) is 3.79. The fourth-order valence-corrected chi connectivity index (χ4v) is 4.59. The number of nitrogens with one attached hydrogen (secondary N) is 1. The van der Waals surface area contributed by atoms with Crippen LogP contribution in [0.2, 0.25) is 0 Å². The Morgan fingerprint density at radius 1 is 1.14 bits per heavy atom. The van der Waals surface area contributed by atoms with Gasteiger partial charge < -0.3 is 15.3 Å². The Balaban J connectivity index is 1.43. The van der Waals surface area contributed by atoms with Crippen molar-refractivity contribution >= 4 is 5.97 Å². The zero-order chi connectivity index (χ0) is 19.6. The number of carboxylic acid groups (broad SMARTS) is 1. The molecule has 4 rings (SSSR count). The van der Waals surface area contributed by atoms with Crippen LogP contribution >= 0.6 is 0 Å². The van der Waals surface area contributed by atoms with E-state index >= 15 is 0 Å². The molecule has 1 saturated carbocycles. The number of piperidine rings is 1. The van der Waals surface area contributed by atoms with Crippen molar-refractivity contribution in [1.82, 2.24) is 10.2 Å². The van der Waals surface area contributed by atoms with Crippen molar-refractivity contribution in [3.05, 3.63) is 71.3 Å². The molecule has 2 N–H and O–H groups in total. The van der Waals surface area contributed by atoms with Crippen LogP contribution in [-0.2, 0) is 6.42 Å². The Bertz CT molecular complexity index is 812. The molecule has 2 aromatic carbocycles. The van der Waals surface area contributed by atoms with Crippen molar-refractivity contribution in [2.45, 2.75) is 37.6 Å². The average molecular weight is 379 g/mol. The lowest BCUT2D eigenvalue weighted by Gasteiger charge is -2.41. The Labute approximate surface area is 167 Å². The molecule has 0 radical (unpaired) electrons. The number of benzene rings is 2. The molecule has 4 heteroatoms. The third kappa shape index (κ3) is 4.45. The number of rotatable bonds is 7. The summed E-state index contributed by atoms with van der Waals surface area (Å²) < 4.78 is 0. The minimum absolute atomic E-state index is 0.202. The highest BCUT2D eigenvalue weighted by Gasteiger charge is 2.41. The van der Waals surface area contributed by atoms with Gasteiger partial charge in [0.15, 0.2) is 0 Å². The van der Waals surface area contributed by atoms with Gasteiger partial charge in [0, 0.05) is 18.5 Å². The van der Waals surface area contributed by atoms with Crippen LogP contribution in [0, 0.1) is 5.41 Å². The van der Waals surface area contributed by atoms with Crippen molar-refractivity contribution in [2.24, 2.45) is 5.41 Å². The molecule has 1 heterocycles. The van der Waals surface area contributed by atoms with Gasteiger partial charge in [0.25, 0.3) is 0 Å². The van der Waals surface area contributed by atoms with Gasteiger partial charge in [-0.15, -0.1) is 0 Å². The van der Waals surface area contributed by atoms with Gasteiger partial charge in [0.05, 0.1) is 5.56 Å². The van der Waals surface area contributed by atoms with Crippen LogP contribution in [-0.4, -0.2) is 48.7 Å². The third-order valence-electron chi connectivity index (χ3n) is 6.56. The topological polar surface area (TPSA) is 52.6 Å². The van der Waals surface area contributed by atoms with E-state index in [1.165, 1.54) is 12.0 Å². The van der Waals surface area contributed by atoms with E-state index in [1.54, 1.807) is 6.07 Å². The normalized spacial score (nSPS) is 24.0.